The highest BCUT2D eigenvalue weighted by Gasteiger charge is 2.23. The van der Waals surface area contributed by atoms with E-state index in [9.17, 15) is 18.3 Å². The molecule has 0 radical (unpaired) electrons. The molecule has 29 heavy (non-hydrogen) atoms. The van der Waals surface area contributed by atoms with Crippen LogP contribution in [0.1, 0.15) is 37.0 Å². The van der Waals surface area contributed by atoms with Crippen LogP contribution >= 0.6 is 0 Å². The number of primary sulfonamides is 1. The molecule has 5 N–H and O–H groups in total. The number of rotatable bonds is 8. The van der Waals surface area contributed by atoms with E-state index in [-0.39, 0.29) is 21.9 Å². The van der Waals surface area contributed by atoms with Crippen molar-refractivity contribution in [1.29, 1.82) is 0 Å². The van der Waals surface area contributed by atoms with Crippen LogP contribution in [0.15, 0.2) is 47.4 Å². The third-order valence-electron chi connectivity index (χ3n) is 3.42. The number of para-hydroxylation sites is 1. The first-order chi connectivity index (χ1) is 13.6. The van der Waals surface area contributed by atoms with Gasteiger partial charge < -0.3 is 20.3 Å². The number of nitrogens with two attached hydrogens (primary N) is 1. The number of benzene rings is 2. The van der Waals surface area contributed by atoms with Gasteiger partial charge in [-0.1, -0.05) is 31.5 Å². The van der Waals surface area contributed by atoms with Crippen LogP contribution in [-0.2, 0) is 14.8 Å². The summed E-state index contributed by atoms with van der Waals surface area (Å²) in [5.74, 6) is -1.70. The number of carbonyl (C=O) groups is 2. The maximum absolute atomic E-state index is 12.0. The number of aliphatic carboxylic acids is 1. The Morgan fingerprint density at radius 2 is 1.72 bits per heavy atom. The Morgan fingerprint density at radius 1 is 1.14 bits per heavy atom. The molecule has 0 spiro atoms. The van der Waals surface area contributed by atoms with Crippen LogP contribution < -0.4 is 15.2 Å². The molecule has 0 heterocycles. The first-order valence-corrected chi connectivity index (χ1v) is 10.2. The van der Waals surface area contributed by atoms with E-state index in [0.717, 1.165) is 25.8 Å². The van der Waals surface area contributed by atoms with Crippen LogP contribution in [0.4, 0.5) is 5.69 Å². The smallest absolute Gasteiger partial charge is 0.335 e. The van der Waals surface area contributed by atoms with Crippen molar-refractivity contribution in [3.63, 3.8) is 0 Å². The number of sulfonamides is 1. The highest BCUT2D eigenvalue weighted by molar-refractivity contribution is 7.89. The van der Waals surface area contributed by atoms with E-state index in [2.05, 4.69) is 5.32 Å². The number of carboxylic acids is 2. The van der Waals surface area contributed by atoms with Gasteiger partial charge in [0.1, 0.15) is 10.6 Å². The molecule has 0 aromatic heterocycles. The lowest BCUT2D eigenvalue weighted by Gasteiger charge is -2.17. The van der Waals surface area contributed by atoms with Crippen molar-refractivity contribution < 1.29 is 33.0 Å². The van der Waals surface area contributed by atoms with Gasteiger partial charge in [0.05, 0.1) is 11.3 Å². The van der Waals surface area contributed by atoms with Crippen molar-refractivity contribution in [2.45, 2.75) is 31.6 Å². The van der Waals surface area contributed by atoms with E-state index in [1.54, 1.807) is 30.3 Å². The lowest BCUT2D eigenvalue weighted by molar-refractivity contribution is -0.134. The predicted molar refractivity (Wildman–Crippen MR) is 108 cm³/mol. The molecule has 0 bridgehead atoms. The molecule has 158 valence electrons. The van der Waals surface area contributed by atoms with Gasteiger partial charge in [-0.2, -0.15) is 0 Å². The van der Waals surface area contributed by atoms with Crippen molar-refractivity contribution in [1.82, 2.24) is 0 Å². The second kappa shape index (κ2) is 11.0. The highest BCUT2D eigenvalue weighted by Crippen LogP contribution is 2.37. The summed E-state index contributed by atoms with van der Waals surface area (Å²) < 4.78 is 29.7. The Morgan fingerprint density at radius 3 is 2.21 bits per heavy atom. The fraction of sp³-hybridized carbons (Fsp3) is 0.263. The van der Waals surface area contributed by atoms with Gasteiger partial charge >= 0.3 is 5.97 Å². The number of aromatic carboxylic acids is 1. The number of nitrogens with one attached hydrogen (secondary N) is 1. The first-order valence-electron chi connectivity index (χ1n) is 8.66. The molecule has 2 rings (SSSR count). The second-order valence-corrected chi connectivity index (χ2v) is 7.45. The number of ether oxygens (including phenoxy) is 1. The van der Waals surface area contributed by atoms with Crippen LogP contribution in [0.2, 0.25) is 0 Å². The molecule has 10 heteroatoms. The van der Waals surface area contributed by atoms with Gasteiger partial charge in [0.2, 0.25) is 10.0 Å². The van der Waals surface area contributed by atoms with Crippen molar-refractivity contribution >= 4 is 27.6 Å². The largest absolute Gasteiger partial charge is 0.481 e. The summed E-state index contributed by atoms with van der Waals surface area (Å²) in [6, 6.07) is 10.9. The molecule has 0 fully saturated rings. The van der Waals surface area contributed by atoms with Crippen LogP contribution in [0, 0.1) is 0 Å². The minimum absolute atomic E-state index is 0.0187. The number of carboxylic acid groups (broad SMARTS) is 2. The third kappa shape index (κ3) is 8.20. The zero-order chi connectivity index (χ0) is 22.0. The van der Waals surface area contributed by atoms with Crippen molar-refractivity contribution in [2.24, 2.45) is 5.14 Å². The molecule has 0 saturated heterocycles. The topological polar surface area (TPSA) is 156 Å². The van der Waals surface area contributed by atoms with E-state index in [0.29, 0.717) is 12.3 Å². The SMILES string of the molecule is CC(=O)O.CCCCNc1cc(C(=O)O)cc(S(N)(=O)=O)c1Oc1ccccc1. The van der Waals surface area contributed by atoms with Gasteiger partial charge in [0.15, 0.2) is 5.75 Å². The van der Waals surface area contributed by atoms with Crippen LogP contribution in [-0.4, -0.2) is 37.1 Å². The zero-order valence-corrected chi connectivity index (χ0v) is 16.9. The monoisotopic (exact) mass is 424 g/mol. The summed E-state index contributed by atoms with van der Waals surface area (Å²) in [5, 5.41) is 25.0. The molecular formula is C19H24N2O7S. The maximum Gasteiger partial charge on any atom is 0.335 e. The number of anilines is 1. The van der Waals surface area contributed by atoms with Gasteiger partial charge in [-0.05, 0) is 30.7 Å². The lowest BCUT2D eigenvalue weighted by atomic mass is 10.1. The standard InChI is InChI=1S/C17H20N2O5S.C2H4O2/c1-2-3-9-19-14-10-12(17(20)21)11-15(25(18,22)23)16(14)24-13-7-5-4-6-8-13;1-2(3)4/h4-8,10-11,19H,2-3,9H2,1H3,(H,20,21)(H2,18,22,23);1H3,(H,3,4). The molecule has 0 aliphatic carbocycles. The van der Waals surface area contributed by atoms with Crippen molar-refractivity contribution in [3.05, 3.63) is 48.0 Å². The third-order valence-corrected chi connectivity index (χ3v) is 4.33. The molecule has 0 saturated carbocycles. The average molecular weight is 424 g/mol. The van der Waals surface area contributed by atoms with E-state index in [1.807, 2.05) is 6.92 Å². The van der Waals surface area contributed by atoms with E-state index < -0.39 is 22.0 Å². The normalized spacial score (nSPS) is 10.4. The Kier molecular flexibility index (Phi) is 9.10. The highest BCUT2D eigenvalue weighted by atomic mass is 32.2. The fourth-order valence-corrected chi connectivity index (χ4v) is 2.88. The van der Waals surface area contributed by atoms with Gasteiger partial charge in [-0.3, -0.25) is 4.79 Å². The lowest BCUT2D eigenvalue weighted by Crippen LogP contribution is -2.16. The average Bonchev–Trinajstić information content (AvgIpc) is 2.62. The van der Waals surface area contributed by atoms with Crippen LogP contribution in [0.25, 0.3) is 0 Å². The van der Waals surface area contributed by atoms with Gasteiger partial charge in [0, 0.05) is 13.5 Å². The second-order valence-electron chi connectivity index (χ2n) is 5.92. The molecule has 0 amide bonds. The zero-order valence-electron chi connectivity index (χ0n) is 16.1. The molecule has 9 nitrogen and oxygen atoms in total. The first kappa shape index (κ1) is 23.9. The summed E-state index contributed by atoms with van der Waals surface area (Å²) in [5.41, 5.74) is 0.0738. The molecule has 2 aromatic rings. The minimum Gasteiger partial charge on any atom is -0.481 e. The van der Waals surface area contributed by atoms with E-state index >= 15 is 0 Å². The molecule has 2 aromatic carbocycles. The fourth-order valence-electron chi connectivity index (χ4n) is 2.18. The van der Waals surface area contributed by atoms with Crippen LogP contribution in [0.3, 0.4) is 0 Å². The number of hydrogen-bond donors (Lipinski definition) is 4. The molecule has 0 atom stereocenters. The summed E-state index contributed by atoms with van der Waals surface area (Å²) in [7, 11) is -4.19. The van der Waals surface area contributed by atoms with Gasteiger partial charge in [-0.15, -0.1) is 0 Å². The Hall–Kier alpha value is -3.11. The predicted octanol–water partition coefficient (Wildman–Crippen LogP) is 3.13. The Labute approximate surface area is 169 Å². The molecule has 0 aliphatic rings. The van der Waals surface area contributed by atoms with Crippen LogP contribution in [0.5, 0.6) is 11.5 Å². The molecular weight excluding hydrogens is 400 g/mol. The van der Waals surface area contributed by atoms with E-state index in [4.69, 9.17) is 19.8 Å². The van der Waals surface area contributed by atoms with Crippen molar-refractivity contribution in [3.8, 4) is 11.5 Å². The van der Waals surface area contributed by atoms with Gasteiger partial charge in [-0.25, -0.2) is 18.4 Å². The van der Waals surface area contributed by atoms with E-state index in [1.165, 1.54) is 6.07 Å². The minimum atomic E-state index is -4.19. The quantitative estimate of drug-likeness (QED) is 0.471. The summed E-state index contributed by atoms with van der Waals surface area (Å²) in [6.07, 6.45) is 1.75. The number of hydrogen-bond acceptors (Lipinski definition) is 6. The maximum atomic E-state index is 12.0. The molecule has 0 aliphatic heterocycles. The van der Waals surface area contributed by atoms with Crippen molar-refractivity contribution in [2.75, 3.05) is 11.9 Å². The number of unbranched alkanes of at least 4 members (excludes halogenated alkanes) is 1. The van der Waals surface area contributed by atoms with Gasteiger partial charge in [0.25, 0.3) is 5.97 Å². The summed E-state index contributed by atoms with van der Waals surface area (Å²) >= 11 is 0. The Balaban J connectivity index is 0.000000960. The molecule has 0 unspecified atom stereocenters. The summed E-state index contributed by atoms with van der Waals surface area (Å²) in [4.78, 5) is 19.9. The Bertz CT molecular complexity index is 941. The summed E-state index contributed by atoms with van der Waals surface area (Å²) in [6.45, 7) is 3.63.